The molecule has 35 heavy (non-hydrogen) atoms. The zero-order chi connectivity index (χ0) is 25.5. The van der Waals surface area contributed by atoms with Crippen molar-refractivity contribution >= 4 is 5.97 Å². The monoisotopic (exact) mass is 495 g/mol. The van der Waals surface area contributed by atoms with Crippen LogP contribution in [0, 0.1) is 0 Å². The fourth-order valence-electron chi connectivity index (χ4n) is 5.02. The van der Waals surface area contributed by atoms with Gasteiger partial charge in [0.25, 0.3) is 0 Å². The molecule has 0 atom stereocenters. The molecule has 0 N–H and O–H groups in total. The molecule has 0 aliphatic carbocycles. The summed E-state index contributed by atoms with van der Waals surface area (Å²) in [7, 11) is 0. The summed E-state index contributed by atoms with van der Waals surface area (Å²) >= 11 is 0. The van der Waals surface area contributed by atoms with Gasteiger partial charge in [0.2, 0.25) is 0 Å². The topological polar surface area (TPSA) is 26.3 Å². The molecule has 0 aromatic rings. The van der Waals surface area contributed by atoms with Crippen molar-refractivity contribution in [1.29, 1.82) is 0 Å². The predicted octanol–water partition coefficient (Wildman–Crippen LogP) is 11.9. The van der Waals surface area contributed by atoms with Crippen LogP contribution in [0.15, 0.2) is 0 Å². The van der Waals surface area contributed by atoms with Gasteiger partial charge in [-0.05, 0) is 12.8 Å². The van der Waals surface area contributed by atoms with Gasteiger partial charge in [0.15, 0.2) is 0 Å². The molecule has 2 heteroatoms. The third-order valence-electron chi connectivity index (χ3n) is 7.50. The average molecular weight is 495 g/mol. The fourth-order valence-corrected chi connectivity index (χ4v) is 5.02. The number of esters is 1. The van der Waals surface area contributed by atoms with Gasteiger partial charge in [-0.15, -0.1) is 0 Å². The van der Waals surface area contributed by atoms with Gasteiger partial charge in [0, 0.05) is 6.42 Å². The molecule has 0 spiro atoms. The minimum atomic E-state index is 0.0176. The molecule has 0 aromatic heterocycles. The molecule has 0 heterocycles. The van der Waals surface area contributed by atoms with Crippen LogP contribution in [0.4, 0.5) is 0 Å². The fraction of sp³-hybridized carbons (Fsp3) is 0.970. The van der Waals surface area contributed by atoms with Crippen LogP contribution >= 0.6 is 0 Å². The lowest BCUT2D eigenvalue weighted by atomic mass is 10.0. The summed E-state index contributed by atoms with van der Waals surface area (Å²) in [5, 5.41) is 0. The molecule has 0 unspecified atom stereocenters. The number of ether oxygens (including phenoxy) is 1. The van der Waals surface area contributed by atoms with Crippen LogP contribution in [0.5, 0.6) is 0 Å². The molecule has 0 saturated heterocycles. The van der Waals surface area contributed by atoms with E-state index in [0.29, 0.717) is 13.0 Å². The Morgan fingerprint density at radius 2 is 0.629 bits per heavy atom. The quantitative estimate of drug-likeness (QED) is 0.0732. The highest BCUT2D eigenvalue weighted by molar-refractivity contribution is 5.69. The van der Waals surface area contributed by atoms with E-state index in [1.165, 1.54) is 167 Å². The van der Waals surface area contributed by atoms with Crippen LogP contribution in [0.2, 0.25) is 0 Å². The first-order valence-corrected chi connectivity index (χ1v) is 16.5. The highest BCUT2D eigenvalue weighted by atomic mass is 16.5. The van der Waals surface area contributed by atoms with E-state index in [1.54, 1.807) is 0 Å². The Bertz CT molecular complexity index is 393. The molecule has 0 aromatic carbocycles. The van der Waals surface area contributed by atoms with Gasteiger partial charge < -0.3 is 4.74 Å². The zero-order valence-electron chi connectivity index (χ0n) is 24.5. The number of carbonyl (C=O) groups is 1. The molecule has 0 aliphatic heterocycles. The Hall–Kier alpha value is -0.530. The third kappa shape index (κ3) is 31.4. The van der Waals surface area contributed by atoms with E-state index < -0.39 is 0 Å². The molecule has 0 aliphatic rings. The number of hydrogen-bond acceptors (Lipinski definition) is 2. The van der Waals surface area contributed by atoms with Crippen LogP contribution in [-0.2, 0) is 9.53 Å². The van der Waals surface area contributed by atoms with Gasteiger partial charge in [-0.1, -0.05) is 181 Å². The Balaban J connectivity index is 3.09. The largest absolute Gasteiger partial charge is 0.466 e. The molecule has 0 fully saturated rings. The third-order valence-corrected chi connectivity index (χ3v) is 7.50. The molecule has 0 rings (SSSR count). The van der Waals surface area contributed by atoms with Crippen molar-refractivity contribution in [2.45, 2.75) is 200 Å². The van der Waals surface area contributed by atoms with Gasteiger partial charge in [-0.2, -0.15) is 0 Å². The number of unbranched alkanes of at least 4 members (excludes halogenated alkanes) is 26. The van der Waals surface area contributed by atoms with Gasteiger partial charge in [-0.3, -0.25) is 4.79 Å². The summed E-state index contributed by atoms with van der Waals surface area (Å²) in [5.41, 5.74) is 0. The predicted molar refractivity (Wildman–Crippen MR) is 156 cm³/mol. The lowest BCUT2D eigenvalue weighted by Gasteiger charge is -2.05. The summed E-state index contributed by atoms with van der Waals surface area (Å²) in [4.78, 5) is 11.7. The summed E-state index contributed by atoms with van der Waals surface area (Å²) in [5.74, 6) is 0.0176. The molecule has 0 radical (unpaired) electrons. The number of carbonyl (C=O) groups excluding carboxylic acids is 1. The summed E-state index contributed by atoms with van der Waals surface area (Å²) in [6, 6.07) is 0. The van der Waals surface area contributed by atoms with Crippen molar-refractivity contribution in [3.8, 4) is 0 Å². The number of rotatable bonds is 30. The van der Waals surface area contributed by atoms with Gasteiger partial charge in [-0.25, -0.2) is 0 Å². The average Bonchev–Trinajstić information content (AvgIpc) is 2.86. The van der Waals surface area contributed by atoms with Crippen molar-refractivity contribution < 1.29 is 9.53 Å². The Morgan fingerprint density at radius 1 is 0.371 bits per heavy atom. The minimum Gasteiger partial charge on any atom is -0.466 e. The molecule has 2 nitrogen and oxygen atoms in total. The van der Waals surface area contributed by atoms with E-state index in [1.807, 2.05) is 0 Å². The van der Waals surface area contributed by atoms with Crippen LogP contribution in [0.1, 0.15) is 200 Å². The second-order valence-corrected chi connectivity index (χ2v) is 11.2. The second kappa shape index (κ2) is 31.5. The maximum Gasteiger partial charge on any atom is 0.305 e. The highest BCUT2D eigenvalue weighted by Crippen LogP contribution is 2.15. The van der Waals surface area contributed by atoms with Gasteiger partial charge >= 0.3 is 5.97 Å². The van der Waals surface area contributed by atoms with E-state index in [2.05, 4.69) is 13.8 Å². The smallest absolute Gasteiger partial charge is 0.305 e. The maximum atomic E-state index is 11.7. The first-order chi connectivity index (χ1) is 17.3. The van der Waals surface area contributed by atoms with Crippen molar-refractivity contribution in [2.75, 3.05) is 6.61 Å². The Morgan fingerprint density at radius 3 is 0.943 bits per heavy atom. The summed E-state index contributed by atoms with van der Waals surface area (Å²) in [6.07, 6.45) is 38.9. The van der Waals surface area contributed by atoms with Crippen LogP contribution in [0.25, 0.3) is 0 Å². The van der Waals surface area contributed by atoms with Crippen molar-refractivity contribution in [3.63, 3.8) is 0 Å². The molecular formula is C33H66O2. The van der Waals surface area contributed by atoms with E-state index in [9.17, 15) is 4.79 Å². The standard InChI is InChI=1S/C33H66O2/c1-3-5-7-9-11-12-13-14-15-16-17-18-19-20-21-22-23-24-25-26-28-30-32-35-33(34)31-29-27-10-8-6-4-2/h3-32H2,1-2H3. The Kier molecular flexibility index (Phi) is 31.0. The van der Waals surface area contributed by atoms with E-state index >= 15 is 0 Å². The SMILES string of the molecule is CCCCCCCCCCCCCCCCCCCCCCCCOC(=O)CCCCCCCC. The molecular weight excluding hydrogens is 428 g/mol. The normalized spacial score (nSPS) is 11.3. The Labute approximate surface area is 222 Å². The maximum absolute atomic E-state index is 11.7. The first kappa shape index (κ1) is 34.5. The molecule has 0 saturated carbocycles. The van der Waals surface area contributed by atoms with Crippen LogP contribution in [0.3, 0.4) is 0 Å². The molecule has 0 amide bonds. The summed E-state index contributed by atoms with van der Waals surface area (Å²) < 4.78 is 5.37. The van der Waals surface area contributed by atoms with Crippen molar-refractivity contribution in [3.05, 3.63) is 0 Å². The van der Waals surface area contributed by atoms with Gasteiger partial charge in [0.05, 0.1) is 6.61 Å². The first-order valence-electron chi connectivity index (χ1n) is 16.5. The van der Waals surface area contributed by atoms with E-state index in [0.717, 1.165) is 12.8 Å². The second-order valence-electron chi connectivity index (χ2n) is 11.2. The minimum absolute atomic E-state index is 0.0176. The lowest BCUT2D eigenvalue weighted by molar-refractivity contribution is -0.143. The van der Waals surface area contributed by atoms with Crippen LogP contribution in [-0.4, -0.2) is 12.6 Å². The zero-order valence-corrected chi connectivity index (χ0v) is 24.5. The lowest BCUT2D eigenvalue weighted by Crippen LogP contribution is -2.05. The van der Waals surface area contributed by atoms with E-state index in [-0.39, 0.29) is 5.97 Å². The van der Waals surface area contributed by atoms with Crippen LogP contribution < -0.4 is 0 Å². The highest BCUT2D eigenvalue weighted by Gasteiger charge is 2.02. The number of hydrogen-bond donors (Lipinski definition) is 0. The molecule has 210 valence electrons. The van der Waals surface area contributed by atoms with Crippen molar-refractivity contribution in [1.82, 2.24) is 0 Å². The van der Waals surface area contributed by atoms with Crippen molar-refractivity contribution in [2.24, 2.45) is 0 Å². The molecule has 0 bridgehead atoms. The van der Waals surface area contributed by atoms with Gasteiger partial charge in [0.1, 0.15) is 0 Å². The summed E-state index contributed by atoms with van der Waals surface area (Å²) in [6.45, 7) is 5.17. The van der Waals surface area contributed by atoms with E-state index in [4.69, 9.17) is 4.74 Å².